The van der Waals surface area contributed by atoms with Gasteiger partial charge in [0.25, 0.3) is 5.91 Å². The van der Waals surface area contributed by atoms with Crippen LogP contribution in [-0.4, -0.2) is 11.0 Å². The lowest BCUT2D eigenvalue weighted by atomic mass is 10.1. The van der Waals surface area contributed by atoms with Crippen molar-refractivity contribution in [1.29, 1.82) is 0 Å². The predicted octanol–water partition coefficient (Wildman–Crippen LogP) is 0.537. The quantitative estimate of drug-likeness (QED) is 0.565. The van der Waals surface area contributed by atoms with E-state index in [4.69, 9.17) is 5.73 Å². The third kappa shape index (κ3) is 2.24. The van der Waals surface area contributed by atoms with Gasteiger partial charge >= 0.3 is 0 Å². The lowest BCUT2D eigenvalue weighted by Crippen LogP contribution is -2.06. The van der Waals surface area contributed by atoms with Crippen molar-refractivity contribution in [2.45, 2.75) is 6.92 Å². The summed E-state index contributed by atoms with van der Waals surface area (Å²) in [5.74, 6) is 4.02. The molecule has 0 aliphatic rings. The number of benzene rings is 1. The van der Waals surface area contributed by atoms with Crippen molar-refractivity contribution in [2.75, 3.05) is 0 Å². The second kappa shape index (κ2) is 3.63. The molecule has 0 heterocycles. The molecule has 3 heteroatoms. The topological polar surface area (TPSA) is 63.3 Å². The molecule has 1 rings (SSSR count). The molecule has 0 fully saturated rings. The zero-order valence-corrected chi connectivity index (χ0v) is 7.16. The van der Waals surface area contributed by atoms with Gasteiger partial charge in [0.1, 0.15) is 5.75 Å². The highest BCUT2D eigenvalue weighted by molar-refractivity contribution is 5.92. The fraction of sp³-hybridized carbons (Fsp3) is 0.100. The van der Waals surface area contributed by atoms with Gasteiger partial charge in [-0.05, 0) is 18.6 Å². The fourth-order valence-electron chi connectivity index (χ4n) is 0.889. The summed E-state index contributed by atoms with van der Waals surface area (Å²) in [5, 5.41) is 9.46. The highest BCUT2D eigenvalue weighted by Crippen LogP contribution is 2.19. The molecular formula is C10H9NO2. The first kappa shape index (κ1) is 9.14. The van der Waals surface area contributed by atoms with Crippen LogP contribution in [0.2, 0.25) is 0 Å². The van der Waals surface area contributed by atoms with Crippen molar-refractivity contribution in [2.24, 2.45) is 5.73 Å². The second-order valence-electron chi connectivity index (χ2n) is 2.59. The van der Waals surface area contributed by atoms with Crippen molar-refractivity contribution in [3.63, 3.8) is 0 Å². The molecule has 0 saturated carbocycles. The van der Waals surface area contributed by atoms with Crippen molar-refractivity contribution >= 4 is 5.91 Å². The first-order chi connectivity index (χ1) is 6.11. The molecule has 3 N–H and O–H groups in total. The van der Waals surface area contributed by atoms with Crippen LogP contribution in [-0.2, 0) is 4.79 Å². The third-order valence-electron chi connectivity index (χ3n) is 1.56. The SMILES string of the molecule is Cc1cccc(C#CC(N)=O)c1O. The minimum Gasteiger partial charge on any atom is -0.506 e. The summed E-state index contributed by atoms with van der Waals surface area (Å²) in [6.45, 7) is 1.75. The highest BCUT2D eigenvalue weighted by Gasteiger charge is 1.99. The van der Waals surface area contributed by atoms with E-state index in [1.807, 2.05) is 0 Å². The van der Waals surface area contributed by atoms with Gasteiger partial charge in [-0.3, -0.25) is 4.79 Å². The number of aromatic hydroxyl groups is 1. The Morgan fingerprint density at radius 1 is 1.54 bits per heavy atom. The predicted molar refractivity (Wildman–Crippen MR) is 48.9 cm³/mol. The van der Waals surface area contributed by atoms with E-state index in [0.717, 1.165) is 5.56 Å². The summed E-state index contributed by atoms with van der Waals surface area (Å²) in [5.41, 5.74) is 5.97. The van der Waals surface area contributed by atoms with E-state index >= 15 is 0 Å². The van der Waals surface area contributed by atoms with Crippen molar-refractivity contribution < 1.29 is 9.90 Å². The van der Waals surface area contributed by atoms with Gasteiger partial charge in [0.2, 0.25) is 0 Å². The summed E-state index contributed by atoms with van der Waals surface area (Å²) in [6.07, 6.45) is 0. The van der Waals surface area contributed by atoms with Crippen LogP contribution >= 0.6 is 0 Å². The first-order valence-electron chi connectivity index (χ1n) is 3.71. The van der Waals surface area contributed by atoms with Gasteiger partial charge in [0.15, 0.2) is 0 Å². The standard InChI is InChI=1S/C10H9NO2/c1-7-3-2-4-8(10(7)13)5-6-9(11)12/h2-4,13H,1H3,(H2,11,12). The molecule has 0 spiro atoms. The van der Waals surface area contributed by atoms with Crippen LogP contribution in [0.5, 0.6) is 5.75 Å². The molecule has 66 valence electrons. The molecule has 13 heavy (non-hydrogen) atoms. The van der Waals surface area contributed by atoms with Crippen LogP contribution in [0.1, 0.15) is 11.1 Å². The number of carbonyl (C=O) groups is 1. The van der Waals surface area contributed by atoms with Crippen LogP contribution in [0, 0.1) is 18.8 Å². The number of hydrogen-bond acceptors (Lipinski definition) is 2. The average Bonchev–Trinajstić information content (AvgIpc) is 2.07. The van der Waals surface area contributed by atoms with Crippen molar-refractivity contribution in [3.8, 4) is 17.6 Å². The monoisotopic (exact) mass is 175 g/mol. The molecule has 1 amide bonds. The summed E-state index contributed by atoms with van der Waals surface area (Å²) in [4.78, 5) is 10.3. The van der Waals surface area contributed by atoms with E-state index in [2.05, 4.69) is 11.8 Å². The molecule has 0 atom stereocenters. The molecule has 3 nitrogen and oxygen atoms in total. The number of amides is 1. The maximum atomic E-state index is 10.3. The van der Waals surface area contributed by atoms with Gasteiger partial charge in [-0.2, -0.15) is 0 Å². The van der Waals surface area contributed by atoms with Gasteiger partial charge in [-0.25, -0.2) is 0 Å². The van der Waals surface area contributed by atoms with E-state index in [-0.39, 0.29) is 5.75 Å². The third-order valence-corrected chi connectivity index (χ3v) is 1.56. The first-order valence-corrected chi connectivity index (χ1v) is 3.71. The summed E-state index contributed by atoms with van der Waals surface area (Å²) < 4.78 is 0. The molecule has 0 radical (unpaired) electrons. The van der Waals surface area contributed by atoms with Gasteiger partial charge in [-0.15, -0.1) is 0 Å². The molecule has 0 aliphatic heterocycles. The Balaban J connectivity index is 3.11. The lowest BCUT2D eigenvalue weighted by Gasteiger charge is -1.98. The smallest absolute Gasteiger partial charge is 0.293 e. The minimum absolute atomic E-state index is 0.0938. The molecule has 0 bridgehead atoms. The van der Waals surface area contributed by atoms with Crippen LogP contribution in [0.3, 0.4) is 0 Å². The molecule has 0 aromatic heterocycles. The lowest BCUT2D eigenvalue weighted by molar-refractivity contribution is -0.112. The Kier molecular flexibility index (Phi) is 2.56. The molecule has 0 unspecified atom stereocenters. The fourth-order valence-corrected chi connectivity index (χ4v) is 0.889. The Morgan fingerprint density at radius 3 is 2.85 bits per heavy atom. The maximum absolute atomic E-state index is 10.3. The van der Waals surface area contributed by atoms with Crippen LogP contribution in [0.15, 0.2) is 18.2 Å². The Hall–Kier alpha value is -1.95. The highest BCUT2D eigenvalue weighted by atomic mass is 16.3. The minimum atomic E-state index is -0.707. The van der Waals surface area contributed by atoms with Crippen LogP contribution in [0.25, 0.3) is 0 Å². The van der Waals surface area contributed by atoms with Crippen LogP contribution in [0.4, 0.5) is 0 Å². The average molecular weight is 175 g/mol. The van der Waals surface area contributed by atoms with Gasteiger partial charge in [0, 0.05) is 5.92 Å². The van der Waals surface area contributed by atoms with Gasteiger partial charge in [0.05, 0.1) is 5.56 Å². The van der Waals surface area contributed by atoms with Gasteiger partial charge in [-0.1, -0.05) is 18.1 Å². The van der Waals surface area contributed by atoms with E-state index in [0.29, 0.717) is 5.56 Å². The molecule has 1 aromatic carbocycles. The summed E-state index contributed by atoms with van der Waals surface area (Å²) in [7, 11) is 0. The summed E-state index contributed by atoms with van der Waals surface area (Å²) in [6, 6.07) is 5.13. The normalized spacial score (nSPS) is 8.69. The molecular weight excluding hydrogens is 166 g/mol. The molecule has 0 saturated heterocycles. The molecule has 1 aromatic rings. The van der Waals surface area contributed by atoms with Crippen molar-refractivity contribution in [3.05, 3.63) is 29.3 Å². The number of phenolic OH excluding ortho intramolecular Hbond substituents is 1. The van der Waals surface area contributed by atoms with E-state index < -0.39 is 5.91 Å². The maximum Gasteiger partial charge on any atom is 0.293 e. The zero-order chi connectivity index (χ0) is 9.84. The summed E-state index contributed by atoms with van der Waals surface area (Å²) >= 11 is 0. The Morgan fingerprint density at radius 2 is 2.23 bits per heavy atom. The number of primary amides is 1. The number of hydrogen-bond donors (Lipinski definition) is 2. The van der Waals surface area contributed by atoms with Crippen LogP contribution < -0.4 is 5.73 Å². The zero-order valence-electron chi connectivity index (χ0n) is 7.16. The van der Waals surface area contributed by atoms with Gasteiger partial charge < -0.3 is 10.8 Å². The second-order valence-corrected chi connectivity index (χ2v) is 2.59. The number of phenols is 1. The number of rotatable bonds is 0. The van der Waals surface area contributed by atoms with E-state index in [9.17, 15) is 9.90 Å². The number of nitrogens with two attached hydrogens (primary N) is 1. The largest absolute Gasteiger partial charge is 0.506 e. The molecule has 0 aliphatic carbocycles. The number of carbonyl (C=O) groups excluding carboxylic acids is 1. The number of para-hydroxylation sites is 1. The number of aryl methyl sites for hydroxylation is 1. The Labute approximate surface area is 76.2 Å². The van der Waals surface area contributed by atoms with E-state index in [1.165, 1.54) is 0 Å². The van der Waals surface area contributed by atoms with Crippen molar-refractivity contribution in [1.82, 2.24) is 0 Å². The van der Waals surface area contributed by atoms with E-state index in [1.54, 1.807) is 25.1 Å². The Bertz CT molecular complexity index is 399.